The molecule has 0 aliphatic rings. The fraction of sp³-hybridized carbons (Fsp3) is 0.455. The summed E-state index contributed by atoms with van der Waals surface area (Å²) in [5.41, 5.74) is 5.29. The van der Waals surface area contributed by atoms with Crippen LogP contribution < -0.4 is 11.1 Å². The van der Waals surface area contributed by atoms with E-state index >= 15 is 0 Å². The molecule has 1 rings (SSSR count). The Morgan fingerprint density at radius 1 is 1.07 bits per heavy atom. The molecule has 0 amide bonds. The number of halogens is 2. The fourth-order valence-corrected chi connectivity index (χ4v) is 1.33. The van der Waals surface area contributed by atoms with E-state index in [-0.39, 0.29) is 5.69 Å². The van der Waals surface area contributed by atoms with Gasteiger partial charge in [-0.25, -0.2) is 8.78 Å². The topological polar surface area (TPSA) is 38.0 Å². The van der Waals surface area contributed by atoms with Crippen molar-refractivity contribution in [3.05, 3.63) is 29.8 Å². The molecule has 0 aromatic heterocycles. The third kappa shape index (κ3) is 3.83. The summed E-state index contributed by atoms with van der Waals surface area (Å²) in [6.45, 7) is 1.23. The van der Waals surface area contributed by atoms with Crippen LogP contribution in [0.2, 0.25) is 0 Å². The Bertz CT molecular complexity index is 282. The average Bonchev–Trinajstić information content (AvgIpc) is 2.21. The van der Waals surface area contributed by atoms with Crippen LogP contribution in [0.1, 0.15) is 19.3 Å². The maximum absolute atomic E-state index is 13.1. The molecule has 0 spiro atoms. The van der Waals surface area contributed by atoms with Crippen LogP contribution in [-0.4, -0.2) is 13.1 Å². The van der Waals surface area contributed by atoms with E-state index in [1.54, 1.807) is 0 Å². The molecule has 0 aliphatic heterocycles. The first-order valence-electron chi connectivity index (χ1n) is 5.13. The van der Waals surface area contributed by atoms with Gasteiger partial charge in [0.2, 0.25) is 0 Å². The van der Waals surface area contributed by atoms with Gasteiger partial charge < -0.3 is 11.1 Å². The molecule has 0 unspecified atom stereocenters. The van der Waals surface area contributed by atoms with Crippen molar-refractivity contribution in [2.75, 3.05) is 18.4 Å². The minimum absolute atomic E-state index is 0.0368. The molecule has 0 fully saturated rings. The maximum Gasteiger partial charge on any atom is 0.149 e. The Hall–Kier alpha value is -1.16. The summed E-state index contributed by atoms with van der Waals surface area (Å²) < 4.78 is 26.2. The number of anilines is 1. The molecule has 1 aromatic rings. The summed E-state index contributed by atoms with van der Waals surface area (Å²) in [6, 6.07) is 3.83. The van der Waals surface area contributed by atoms with Crippen LogP contribution >= 0.6 is 0 Å². The van der Waals surface area contributed by atoms with Crippen LogP contribution in [-0.2, 0) is 0 Å². The second-order valence-electron chi connectivity index (χ2n) is 3.37. The number of benzene rings is 1. The van der Waals surface area contributed by atoms with Crippen molar-refractivity contribution in [2.45, 2.75) is 19.3 Å². The van der Waals surface area contributed by atoms with Crippen molar-refractivity contribution >= 4 is 5.69 Å². The van der Waals surface area contributed by atoms with E-state index in [0.717, 1.165) is 19.3 Å². The molecule has 0 saturated carbocycles. The molecule has 2 nitrogen and oxygen atoms in total. The van der Waals surface area contributed by atoms with Gasteiger partial charge in [0.25, 0.3) is 0 Å². The van der Waals surface area contributed by atoms with Gasteiger partial charge in [0, 0.05) is 6.54 Å². The van der Waals surface area contributed by atoms with Gasteiger partial charge in [-0.1, -0.05) is 12.5 Å². The molecule has 0 bridgehead atoms. The lowest BCUT2D eigenvalue weighted by Crippen LogP contribution is -2.06. The molecule has 0 heterocycles. The van der Waals surface area contributed by atoms with Gasteiger partial charge in [-0.3, -0.25) is 0 Å². The van der Waals surface area contributed by atoms with Crippen molar-refractivity contribution in [2.24, 2.45) is 5.73 Å². The Labute approximate surface area is 88.5 Å². The third-order valence-electron chi connectivity index (χ3n) is 2.15. The summed E-state index contributed by atoms with van der Waals surface area (Å²) in [4.78, 5) is 0. The first kappa shape index (κ1) is 11.9. The highest BCUT2D eigenvalue weighted by molar-refractivity contribution is 5.45. The van der Waals surface area contributed by atoms with Crippen molar-refractivity contribution < 1.29 is 8.78 Å². The number of nitrogens with two attached hydrogens (primary N) is 1. The number of para-hydroxylation sites is 1. The molecule has 0 atom stereocenters. The van der Waals surface area contributed by atoms with Gasteiger partial charge in [-0.15, -0.1) is 0 Å². The molecule has 3 N–H and O–H groups in total. The highest BCUT2D eigenvalue weighted by Crippen LogP contribution is 2.17. The molecular formula is C11H16F2N2. The zero-order chi connectivity index (χ0) is 11.1. The zero-order valence-corrected chi connectivity index (χ0v) is 8.60. The predicted molar refractivity (Wildman–Crippen MR) is 57.8 cm³/mol. The summed E-state index contributed by atoms with van der Waals surface area (Å²) in [5.74, 6) is -1.09. The Morgan fingerprint density at radius 2 is 1.73 bits per heavy atom. The smallest absolute Gasteiger partial charge is 0.149 e. The van der Waals surface area contributed by atoms with Crippen molar-refractivity contribution in [1.29, 1.82) is 0 Å². The SMILES string of the molecule is NCCCCCNc1c(F)cccc1F. The molecule has 15 heavy (non-hydrogen) atoms. The van der Waals surface area contributed by atoms with Crippen LogP contribution in [0.15, 0.2) is 18.2 Å². The van der Waals surface area contributed by atoms with Crippen LogP contribution in [0, 0.1) is 11.6 Å². The summed E-state index contributed by atoms with van der Waals surface area (Å²) >= 11 is 0. The second-order valence-corrected chi connectivity index (χ2v) is 3.37. The molecule has 0 radical (unpaired) electrons. The Kier molecular flexibility index (Phi) is 5.04. The molecule has 1 aromatic carbocycles. The Morgan fingerprint density at radius 3 is 2.33 bits per heavy atom. The minimum Gasteiger partial charge on any atom is -0.380 e. The van der Waals surface area contributed by atoms with Gasteiger partial charge in [0.05, 0.1) is 0 Å². The lowest BCUT2D eigenvalue weighted by molar-refractivity contribution is 0.586. The highest BCUT2D eigenvalue weighted by Gasteiger charge is 2.06. The number of nitrogens with one attached hydrogen (secondary N) is 1. The van der Waals surface area contributed by atoms with Crippen molar-refractivity contribution in [3.8, 4) is 0 Å². The molecule has 0 saturated heterocycles. The lowest BCUT2D eigenvalue weighted by Gasteiger charge is -2.07. The van der Waals surface area contributed by atoms with E-state index in [1.807, 2.05) is 0 Å². The lowest BCUT2D eigenvalue weighted by atomic mass is 10.2. The third-order valence-corrected chi connectivity index (χ3v) is 2.15. The zero-order valence-electron chi connectivity index (χ0n) is 8.60. The van der Waals surface area contributed by atoms with Crippen molar-refractivity contribution in [3.63, 3.8) is 0 Å². The average molecular weight is 214 g/mol. The van der Waals surface area contributed by atoms with Crippen LogP contribution in [0.25, 0.3) is 0 Å². The largest absolute Gasteiger partial charge is 0.380 e. The van der Waals surface area contributed by atoms with Crippen molar-refractivity contribution in [1.82, 2.24) is 0 Å². The quantitative estimate of drug-likeness (QED) is 0.714. The van der Waals surface area contributed by atoms with E-state index in [0.29, 0.717) is 13.1 Å². The number of hydrogen-bond acceptors (Lipinski definition) is 2. The van der Waals surface area contributed by atoms with Crippen LogP contribution in [0.3, 0.4) is 0 Å². The summed E-state index contributed by atoms with van der Waals surface area (Å²) in [7, 11) is 0. The number of unbranched alkanes of at least 4 members (excludes halogenated alkanes) is 2. The van der Waals surface area contributed by atoms with Crippen LogP contribution in [0.5, 0.6) is 0 Å². The van der Waals surface area contributed by atoms with E-state index in [9.17, 15) is 8.78 Å². The van der Waals surface area contributed by atoms with Gasteiger partial charge in [-0.2, -0.15) is 0 Å². The maximum atomic E-state index is 13.1. The number of hydrogen-bond donors (Lipinski definition) is 2. The number of rotatable bonds is 6. The van der Waals surface area contributed by atoms with E-state index < -0.39 is 11.6 Å². The van der Waals surface area contributed by atoms with E-state index in [4.69, 9.17) is 5.73 Å². The van der Waals surface area contributed by atoms with Gasteiger partial charge in [-0.05, 0) is 31.5 Å². The fourth-order valence-electron chi connectivity index (χ4n) is 1.33. The molecule has 0 aliphatic carbocycles. The summed E-state index contributed by atoms with van der Waals surface area (Å²) in [6.07, 6.45) is 2.78. The van der Waals surface area contributed by atoms with Gasteiger partial charge in [0.15, 0.2) is 0 Å². The van der Waals surface area contributed by atoms with Gasteiger partial charge >= 0.3 is 0 Å². The molecule has 4 heteroatoms. The Balaban J connectivity index is 2.37. The minimum atomic E-state index is -0.547. The van der Waals surface area contributed by atoms with E-state index in [2.05, 4.69) is 5.32 Å². The highest BCUT2D eigenvalue weighted by atomic mass is 19.1. The van der Waals surface area contributed by atoms with Gasteiger partial charge in [0.1, 0.15) is 17.3 Å². The molecular weight excluding hydrogens is 198 g/mol. The summed E-state index contributed by atoms with van der Waals surface area (Å²) in [5, 5.41) is 2.75. The van der Waals surface area contributed by atoms with Crippen LogP contribution in [0.4, 0.5) is 14.5 Å². The normalized spacial score (nSPS) is 10.3. The second kappa shape index (κ2) is 6.35. The first-order valence-corrected chi connectivity index (χ1v) is 5.13. The predicted octanol–water partition coefficient (Wildman–Crippen LogP) is 2.51. The molecule has 84 valence electrons. The monoisotopic (exact) mass is 214 g/mol. The standard InChI is InChI=1S/C11H16F2N2/c12-9-5-4-6-10(13)11(9)15-8-3-1-2-7-14/h4-6,15H,1-3,7-8,14H2. The van der Waals surface area contributed by atoms with E-state index in [1.165, 1.54) is 18.2 Å². The first-order chi connectivity index (χ1) is 7.25.